The number of anilines is 1. The Hall–Kier alpha value is -1.15. The van der Waals surface area contributed by atoms with Crippen LogP contribution in [0.3, 0.4) is 0 Å². The van der Waals surface area contributed by atoms with Crippen LogP contribution in [0.25, 0.3) is 0 Å². The molecule has 1 aromatic carbocycles. The van der Waals surface area contributed by atoms with Crippen LogP contribution in [0.2, 0.25) is 0 Å². The molecular weight excluding hydrogens is 338 g/mol. The third-order valence-electron chi connectivity index (χ3n) is 4.87. The van der Waals surface area contributed by atoms with Gasteiger partial charge in [0, 0.05) is 11.7 Å². The zero-order chi connectivity index (χ0) is 15.9. The van der Waals surface area contributed by atoms with Gasteiger partial charge in [-0.25, -0.2) is 13.6 Å². The molecule has 2 saturated carbocycles. The van der Waals surface area contributed by atoms with Crippen molar-refractivity contribution in [3.63, 3.8) is 0 Å². The van der Waals surface area contributed by atoms with Crippen molar-refractivity contribution >= 4 is 34.0 Å². The van der Waals surface area contributed by atoms with Crippen molar-refractivity contribution in [1.82, 2.24) is 0 Å². The molecule has 1 aromatic rings. The number of halogens is 1. The highest BCUT2D eigenvalue weighted by Crippen LogP contribution is 2.47. The second kappa shape index (κ2) is 6.76. The van der Waals surface area contributed by atoms with Crippen molar-refractivity contribution in [1.29, 1.82) is 0 Å². The van der Waals surface area contributed by atoms with Gasteiger partial charge in [0.25, 0.3) is 0 Å². The number of nitrogens with one attached hydrogen (secondary N) is 1. The highest BCUT2D eigenvalue weighted by Gasteiger charge is 2.49. The van der Waals surface area contributed by atoms with Gasteiger partial charge in [0.2, 0.25) is 15.9 Å². The molecule has 0 aromatic heterocycles. The number of sulfonamides is 1. The molecule has 0 aliphatic heterocycles. The van der Waals surface area contributed by atoms with Crippen LogP contribution < -0.4 is 16.2 Å². The highest BCUT2D eigenvalue weighted by molar-refractivity contribution is 7.88. The molecule has 0 spiro atoms. The van der Waals surface area contributed by atoms with Crippen molar-refractivity contribution in [2.45, 2.75) is 31.1 Å². The number of nitrogens with two attached hydrogens (primary N) is 2. The average molecular weight is 360 g/mol. The third-order valence-corrected chi connectivity index (χ3v) is 5.61. The summed E-state index contributed by atoms with van der Waals surface area (Å²) in [6.45, 7) is 0. The van der Waals surface area contributed by atoms with E-state index in [1.165, 1.54) is 0 Å². The van der Waals surface area contributed by atoms with Crippen LogP contribution in [0.1, 0.15) is 24.8 Å². The van der Waals surface area contributed by atoms with Crippen LogP contribution in [0.5, 0.6) is 0 Å². The van der Waals surface area contributed by atoms with Crippen molar-refractivity contribution < 1.29 is 13.2 Å². The van der Waals surface area contributed by atoms with E-state index < -0.39 is 10.0 Å². The lowest BCUT2D eigenvalue weighted by atomic mass is 9.84. The summed E-state index contributed by atoms with van der Waals surface area (Å²) in [6.07, 6.45) is 3.29. The number of fused-ring (bicyclic) bond motifs is 2. The highest BCUT2D eigenvalue weighted by atomic mass is 35.5. The Kier molecular flexibility index (Phi) is 5.35. The fourth-order valence-corrected chi connectivity index (χ4v) is 4.52. The van der Waals surface area contributed by atoms with Crippen LogP contribution in [-0.2, 0) is 20.6 Å². The van der Waals surface area contributed by atoms with Gasteiger partial charge in [-0.1, -0.05) is 12.1 Å². The zero-order valence-corrected chi connectivity index (χ0v) is 14.3. The molecule has 4 unspecified atom stereocenters. The topological polar surface area (TPSA) is 115 Å². The van der Waals surface area contributed by atoms with Gasteiger partial charge in [-0.2, -0.15) is 0 Å². The first-order valence-corrected chi connectivity index (χ1v) is 9.21. The van der Waals surface area contributed by atoms with Crippen LogP contribution in [0, 0.1) is 17.8 Å². The predicted octanol–water partition coefficient (Wildman–Crippen LogP) is 1.21. The summed E-state index contributed by atoms with van der Waals surface area (Å²) >= 11 is 0. The van der Waals surface area contributed by atoms with Gasteiger partial charge in [0.05, 0.1) is 11.7 Å². The minimum Gasteiger partial charge on any atom is -0.327 e. The molecule has 0 heterocycles. The van der Waals surface area contributed by atoms with E-state index in [1.807, 2.05) is 0 Å². The number of carbonyl (C=O) groups is 1. The van der Waals surface area contributed by atoms with Gasteiger partial charge in [-0.15, -0.1) is 12.4 Å². The molecule has 2 aliphatic carbocycles. The molecule has 128 valence electrons. The first kappa shape index (κ1) is 18.2. The summed E-state index contributed by atoms with van der Waals surface area (Å²) in [5, 5.41) is 7.90. The normalized spacial score (nSPS) is 29.1. The second-order valence-electron chi connectivity index (χ2n) is 6.43. The fourth-order valence-electron chi connectivity index (χ4n) is 3.87. The van der Waals surface area contributed by atoms with E-state index in [0.717, 1.165) is 19.3 Å². The third kappa shape index (κ3) is 4.03. The first-order chi connectivity index (χ1) is 10.3. The van der Waals surface area contributed by atoms with Crippen LogP contribution >= 0.6 is 12.4 Å². The quantitative estimate of drug-likeness (QED) is 0.749. The Bertz CT molecular complexity index is 676. The van der Waals surface area contributed by atoms with E-state index in [4.69, 9.17) is 10.9 Å². The van der Waals surface area contributed by atoms with E-state index in [-0.39, 0.29) is 36.0 Å². The van der Waals surface area contributed by atoms with E-state index >= 15 is 0 Å². The summed E-state index contributed by atoms with van der Waals surface area (Å²) in [5.74, 6) is 0.541. The molecule has 5 N–H and O–H groups in total. The van der Waals surface area contributed by atoms with E-state index in [1.54, 1.807) is 24.3 Å². The number of hydrogen-bond donors (Lipinski definition) is 3. The number of hydrogen-bond acceptors (Lipinski definition) is 4. The average Bonchev–Trinajstić information content (AvgIpc) is 3.00. The van der Waals surface area contributed by atoms with Crippen LogP contribution in [0.4, 0.5) is 5.69 Å². The summed E-state index contributed by atoms with van der Waals surface area (Å²) < 4.78 is 22.1. The Labute approximate surface area is 142 Å². The number of rotatable bonds is 4. The fraction of sp³-hybridized carbons (Fsp3) is 0.533. The number of amides is 1. The minimum absolute atomic E-state index is 0. The summed E-state index contributed by atoms with van der Waals surface area (Å²) in [4.78, 5) is 12.4. The van der Waals surface area contributed by atoms with Crippen molar-refractivity contribution in [3.8, 4) is 0 Å². The summed E-state index contributed by atoms with van der Waals surface area (Å²) in [6, 6.07) is 6.65. The van der Waals surface area contributed by atoms with E-state index in [9.17, 15) is 13.2 Å². The van der Waals surface area contributed by atoms with Gasteiger partial charge >= 0.3 is 0 Å². The smallest absolute Gasteiger partial charge is 0.229 e. The number of primary sulfonamides is 1. The Morgan fingerprint density at radius 2 is 1.78 bits per heavy atom. The van der Waals surface area contributed by atoms with Gasteiger partial charge in [-0.3, -0.25) is 4.79 Å². The maximum absolute atomic E-state index is 12.4. The van der Waals surface area contributed by atoms with Crippen molar-refractivity contribution in [3.05, 3.63) is 29.8 Å². The first-order valence-electron chi connectivity index (χ1n) is 7.49. The largest absolute Gasteiger partial charge is 0.327 e. The lowest BCUT2D eigenvalue weighted by molar-refractivity contribution is -0.121. The predicted molar refractivity (Wildman–Crippen MR) is 91.4 cm³/mol. The van der Waals surface area contributed by atoms with Crippen molar-refractivity contribution in [2.75, 3.05) is 5.32 Å². The van der Waals surface area contributed by atoms with Gasteiger partial charge < -0.3 is 11.1 Å². The lowest BCUT2D eigenvalue weighted by Gasteiger charge is -2.27. The van der Waals surface area contributed by atoms with Crippen LogP contribution in [-0.4, -0.2) is 20.4 Å². The Balaban J connectivity index is 0.00000192. The molecule has 1 amide bonds. The molecular formula is C15H22ClN3O3S. The molecule has 4 atom stereocenters. The number of carbonyl (C=O) groups excluding carboxylic acids is 1. The molecule has 23 heavy (non-hydrogen) atoms. The minimum atomic E-state index is -3.54. The van der Waals surface area contributed by atoms with Crippen molar-refractivity contribution in [2.24, 2.45) is 28.6 Å². The molecule has 2 bridgehead atoms. The zero-order valence-electron chi connectivity index (χ0n) is 12.6. The standard InChI is InChI=1S/C15H21N3O3S.ClH/c16-14-11-4-3-10(7-11)13(14)15(19)18-12-5-1-9(2-6-12)8-22(17,20)21;/h1-2,5-6,10-11,13-14H,3-4,7-8,16H2,(H,18,19)(H2,17,20,21);1H. The van der Waals surface area contributed by atoms with Crippen LogP contribution in [0.15, 0.2) is 24.3 Å². The van der Waals surface area contributed by atoms with E-state index in [0.29, 0.717) is 23.1 Å². The molecule has 6 nitrogen and oxygen atoms in total. The summed E-state index contributed by atoms with van der Waals surface area (Å²) in [7, 11) is -3.54. The summed E-state index contributed by atoms with van der Waals surface area (Å²) in [5.41, 5.74) is 7.42. The molecule has 0 radical (unpaired) electrons. The Morgan fingerprint density at radius 3 is 2.30 bits per heavy atom. The Morgan fingerprint density at radius 1 is 1.17 bits per heavy atom. The molecule has 2 aliphatic rings. The molecule has 2 fully saturated rings. The maximum atomic E-state index is 12.4. The monoisotopic (exact) mass is 359 g/mol. The molecule has 0 saturated heterocycles. The van der Waals surface area contributed by atoms with Gasteiger partial charge in [0.15, 0.2) is 0 Å². The SMILES string of the molecule is Cl.NC1C2CCC(C2)C1C(=O)Nc1ccc(CS(N)(=O)=O)cc1. The molecule has 3 rings (SSSR count). The van der Waals surface area contributed by atoms with Gasteiger partial charge in [-0.05, 0) is 48.8 Å². The number of benzene rings is 1. The van der Waals surface area contributed by atoms with Gasteiger partial charge in [0.1, 0.15) is 0 Å². The lowest BCUT2D eigenvalue weighted by Crippen LogP contribution is -2.42. The maximum Gasteiger partial charge on any atom is 0.229 e. The van der Waals surface area contributed by atoms with E-state index in [2.05, 4.69) is 5.32 Å². The second-order valence-corrected chi connectivity index (χ2v) is 8.04. The molecule has 8 heteroatoms.